The third kappa shape index (κ3) is 3.84. The Morgan fingerprint density at radius 3 is 2.92 bits per heavy atom. The van der Waals surface area contributed by atoms with E-state index in [1.165, 1.54) is 11.0 Å². The number of aryl methyl sites for hydroxylation is 2. The van der Waals surface area contributed by atoms with Crippen LogP contribution in [-0.2, 0) is 16.0 Å². The van der Waals surface area contributed by atoms with E-state index in [0.29, 0.717) is 35.9 Å². The summed E-state index contributed by atoms with van der Waals surface area (Å²) in [7, 11) is 0. The van der Waals surface area contributed by atoms with E-state index in [9.17, 15) is 14.0 Å². The molecule has 132 valence electrons. The molecule has 1 aromatic heterocycles. The summed E-state index contributed by atoms with van der Waals surface area (Å²) in [5.41, 5.74) is 1.08. The Morgan fingerprint density at radius 2 is 2.24 bits per heavy atom. The first-order valence-corrected chi connectivity index (χ1v) is 8.07. The molecule has 0 radical (unpaired) electrons. The van der Waals surface area contributed by atoms with E-state index in [4.69, 9.17) is 4.52 Å². The van der Waals surface area contributed by atoms with Gasteiger partial charge in [0.15, 0.2) is 5.82 Å². The molecule has 25 heavy (non-hydrogen) atoms. The molecule has 1 N–H and O–H groups in total. The van der Waals surface area contributed by atoms with Crippen LogP contribution in [0.4, 0.5) is 10.1 Å². The van der Waals surface area contributed by atoms with E-state index in [0.717, 1.165) is 0 Å². The van der Waals surface area contributed by atoms with Crippen LogP contribution in [-0.4, -0.2) is 35.0 Å². The van der Waals surface area contributed by atoms with Crippen molar-refractivity contribution in [3.05, 3.63) is 41.3 Å². The van der Waals surface area contributed by atoms with Gasteiger partial charge in [-0.3, -0.25) is 9.59 Å². The lowest BCUT2D eigenvalue weighted by atomic mass is 10.1. The molecule has 1 atom stereocenters. The summed E-state index contributed by atoms with van der Waals surface area (Å²) in [4.78, 5) is 30.1. The number of hydrogen-bond donors (Lipinski definition) is 1. The Bertz CT molecular complexity index is 805. The number of aromatic nitrogens is 2. The zero-order valence-corrected chi connectivity index (χ0v) is 14.1. The zero-order valence-electron chi connectivity index (χ0n) is 14.1. The molecule has 8 heteroatoms. The van der Waals surface area contributed by atoms with Gasteiger partial charge in [-0.15, -0.1) is 0 Å². The Morgan fingerprint density at radius 1 is 1.44 bits per heavy atom. The van der Waals surface area contributed by atoms with Gasteiger partial charge >= 0.3 is 0 Å². The maximum atomic E-state index is 13.4. The van der Waals surface area contributed by atoms with Crippen LogP contribution in [0, 0.1) is 25.6 Å². The SMILES string of the molecule is Cc1noc(CCNC(=O)[C@H]2CC(=O)N(c3ccc(F)c(C)c3)C2)n1. The number of carbonyl (C=O) groups excluding carboxylic acids is 2. The highest BCUT2D eigenvalue weighted by atomic mass is 19.1. The standard InChI is InChI=1S/C17H19FN4O3/c1-10-7-13(3-4-14(10)18)22-9-12(8-16(22)23)17(24)19-6-5-15-20-11(2)21-25-15/h3-4,7,12H,5-6,8-9H2,1-2H3,(H,19,24)/t12-/m0/s1. The van der Waals surface area contributed by atoms with Crippen molar-refractivity contribution in [2.24, 2.45) is 5.92 Å². The number of rotatable bonds is 5. The number of hydrogen-bond acceptors (Lipinski definition) is 5. The van der Waals surface area contributed by atoms with Crippen LogP contribution in [0.2, 0.25) is 0 Å². The van der Waals surface area contributed by atoms with Crippen molar-refractivity contribution in [1.82, 2.24) is 15.5 Å². The second-order valence-corrected chi connectivity index (χ2v) is 6.12. The molecule has 1 aromatic carbocycles. The highest BCUT2D eigenvalue weighted by Crippen LogP contribution is 2.26. The first kappa shape index (κ1) is 17.1. The minimum absolute atomic E-state index is 0.140. The van der Waals surface area contributed by atoms with Crippen molar-refractivity contribution < 1.29 is 18.5 Å². The number of carbonyl (C=O) groups is 2. The average Bonchev–Trinajstić information content (AvgIpc) is 3.16. The minimum Gasteiger partial charge on any atom is -0.355 e. The monoisotopic (exact) mass is 346 g/mol. The zero-order chi connectivity index (χ0) is 18.0. The lowest BCUT2D eigenvalue weighted by Crippen LogP contribution is -2.34. The van der Waals surface area contributed by atoms with Gasteiger partial charge in [0.25, 0.3) is 0 Å². The first-order chi connectivity index (χ1) is 11.9. The van der Waals surface area contributed by atoms with Gasteiger partial charge in [0.1, 0.15) is 5.82 Å². The van der Waals surface area contributed by atoms with Gasteiger partial charge < -0.3 is 14.7 Å². The number of nitrogens with zero attached hydrogens (tertiary/aromatic N) is 3. The third-order valence-electron chi connectivity index (χ3n) is 4.16. The van der Waals surface area contributed by atoms with Crippen LogP contribution >= 0.6 is 0 Å². The van der Waals surface area contributed by atoms with Gasteiger partial charge in [-0.1, -0.05) is 5.16 Å². The largest absolute Gasteiger partial charge is 0.355 e. The molecule has 0 spiro atoms. The summed E-state index contributed by atoms with van der Waals surface area (Å²) < 4.78 is 18.4. The van der Waals surface area contributed by atoms with Gasteiger partial charge in [-0.2, -0.15) is 4.98 Å². The molecule has 0 bridgehead atoms. The number of anilines is 1. The molecule has 1 aliphatic rings. The first-order valence-electron chi connectivity index (χ1n) is 8.07. The molecule has 0 aliphatic carbocycles. The Kier molecular flexibility index (Phi) is 4.78. The van der Waals surface area contributed by atoms with Gasteiger partial charge in [-0.05, 0) is 37.6 Å². The number of nitrogens with one attached hydrogen (secondary N) is 1. The van der Waals surface area contributed by atoms with Crippen LogP contribution in [0.5, 0.6) is 0 Å². The number of benzene rings is 1. The molecule has 1 aliphatic heterocycles. The molecule has 2 amide bonds. The molecule has 0 saturated carbocycles. The van der Waals surface area contributed by atoms with E-state index in [1.807, 2.05) is 0 Å². The number of amides is 2. The topological polar surface area (TPSA) is 88.3 Å². The molecule has 3 rings (SSSR count). The predicted octanol–water partition coefficient (Wildman–Crippen LogP) is 1.54. The van der Waals surface area contributed by atoms with Gasteiger partial charge in [0.05, 0.1) is 5.92 Å². The van der Waals surface area contributed by atoms with Crippen molar-refractivity contribution >= 4 is 17.5 Å². The Hall–Kier alpha value is -2.77. The third-order valence-corrected chi connectivity index (χ3v) is 4.16. The smallest absolute Gasteiger partial charge is 0.228 e. The Balaban J connectivity index is 1.56. The highest BCUT2D eigenvalue weighted by molar-refractivity contribution is 6.00. The van der Waals surface area contributed by atoms with Crippen LogP contribution in [0.3, 0.4) is 0 Å². The highest BCUT2D eigenvalue weighted by Gasteiger charge is 2.35. The van der Waals surface area contributed by atoms with Crippen LogP contribution < -0.4 is 10.2 Å². The van der Waals surface area contributed by atoms with Crippen LogP contribution in [0.25, 0.3) is 0 Å². The molecule has 1 fully saturated rings. The van der Waals surface area contributed by atoms with E-state index < -0.39 is 5.92 Å². The summed E-state index contributed by atoms with van der Waals surface area (Å²) in [6, 6.07) is 4.50. The second kappa shape index (κ2) is 7.00. The fourth-order valence-electron chi connectivity index (χ4n) is 2.81. The normalized spacial score (nSPS) is 17.2. The van der Waals surface area contributed by atoms with Crippen molar-refractivity contribution in [2.75, 3.05) is 18.0 Å². The maximum absolute atomic E-state index is 13.4. The van der Waals surface area contributed by atoms with Crippen molar-refractivity contribution in [2.45, 2.75) is 26.7 Å². The summed E-state index contributed by atoms with van der Waals surface area (Å²) in [5.74, 6) is -0.0653. The van der Waals surface area contributed by atoms with Crippen molar-refractivity contribution in [3.63, 3.8) is 0 Å². The molecule has 7 nitrogen and oxygen atoms in total. The summed E-state index contributed by atoms with van der Waals surface area (Å²) in [6.45, 7) is 4.01. The molecular weight excluding hydrogens is 327 g/mol. The summed E-state index contributed by atoms with van der Waals surface area (Å²) in [5, 5.41) is 6.47. The van der Waals surface area contributed by atoms with Crippen LogP contribution in [0.15, 0.2) is 22.7 Å². The van der Waals surface area contributed by atoms with Gasteiger partial charge in [0, 0.05) is 31.6 Å². The van der Waals surface area contributed by atoms with E-state index >= 15 is 0 Å². The van der Waals surface area contributed by atoms with Gasteiger partial charge in [-0.25, -0.2) is 4.39 Å². The summed E-state index contributed by atoms with van der Waals surface area (Å²) in [6.07, 6.45) is 0.579. The second-order valence-electron chi connectivity index (χ2n) is 6.12. The fraction of sp³-hybridized carbons (Fsp3) is 0.412. The lowest BCUT2D eigenvalue weighted by molar-refractivity contribution is -0.126. The maximum Gasteiger partial charge on any atom is 0.228 e. The lowest BCUT2D eigenvalue weighted by Gasteiger charge is -2.17. The van der Waals surface area contributed by atoms with Crippen molar-refractivity contribution in [3.8, 4) is 0 Å². The predicted molar refractivity (Wildman–Crippen MR) is 87.3 cm³/mol. The van der Waals surface area contributed by atoms with Crippen molar-refractivity contribution in [1.29, 1.82) is 0 Å². The average molecular weight is 346 g/mol. The Labute approximate surface area is 144 Å². The molecule has 1 saturated heterocycles. The van der Waals surface area contributed by atoms with E-state index in [1.54, 1.807) is 26.0 Å². The quantitative estimate of drug-likeness (QED) is 0.887. The minimum atomic E-state index is -0.428. The van der Waals surface area contributed by atoms with Gasteiger partial charge in [0.2, 0.25) is 17.7 Å². The molecule has 2 heterocycles. The summed E-state index contributed by atoms with van der Waals surface area (Å²) >= 11 is 0. The molecule has 0 unspecified atom stereocenters. The van der Waals surface area contributed by atoms with E-state index in [2.05, 4.69) is 15.5 Å². The van der Waals surface area contributed by atoms with E-state index in [-0.39, 0.29) is 30.6 Å². The molecule has 2 aromatic rings. The fourth-order valence-corrected chi connectivity index (χ4v) is 2.81. The number of halogens is 1. The molecular formula is C17H19FN4O3. The van der Waals surface area contributed by atoms with Crippen LogP contribution in [0.1, 0.15) is 23.7 Å².